The van der Waals surface area contributed by atoms with E-state index < -0.39 is 0 Å². The fraction of sp³-hybridized carbons (Fsp3) is 0.333. The van der Waals surface area contributed by atoms with Gasteiger partial charge >= 0.3 is 0 Å². The largest absolute Gasteiger partial charge is 0.467 e. The molecule has 3 rings (SSSR count). The number of hydrogen-bond donors (Lipinski definition) is 1. The average Bonchev–Trinajstić information content (AvgIpc) is 3.06. The van der Waals surface area contributed by atoms with Gasteiger partial charge in [0, 0.05) is 12.2 Å². The molecule has 0 radical (unpaired) electrons. The highest BCUT2D eigenvalue weighted by Gasteiger charge is 2.42. The van der Waals surface area contributed by atoms with Crippen LogP contribution in [0.15, 0.2) is 47.2 Å². The maximum absolute atomic E-state index is 5.63. The van der Waals surface area contributed by atoms with Gasteiger partial charge in [-0.25, -0.2) is 0 Å². The van der Waals surface area contributed by atoms with Crippen LogP contribution in [0.2, 0.25) is 0 Å². The molecule has 0 saturated carbocycles. The first-order valence-electron chi connectivity index (χ1n) is 6.71. The Morgan fingerprint density at radius 3 is 2.75 bits per heavy atom. The third-order valence-corrected chi connectivity index (χ3v) is 3.86. The molecular weight excluding hydrogens is 270 g/mol. The Bertz CT molecular complexity index is 582. The Labute approximate surface area is 123 Å². The molecule has 104 valence electrons. The topological polar surface area (TPSA) is 41.3 Å². The lowest BCUT2D eigenvalue weighted by Gasteiger charge is -2.29. The molecule has 2 aromatic heterocycles. The molecule has 20 heavy (non-hydrogen) atoms. The zero-order valence-electron chi connectivity index (χ0n) is 11.5. The summed E-state index contributed by atoms with van der Waals surface area (Å²) < 4.78 is 5.63. The molecular formula is C15H17N3OS. The van der Waals surface area contributed by atoms with Gasteiger partial charge in [-0.2, -0.15) is 0 Å². The summed E-state index contributed by atoms with van der Waals surface area (Å²) >= 11 is 5.49. The number of thiocarbonyl (C=S) groups is 1. The minimum Gasteiger partial charge on any atom is -0.467 e. The van der Waals surface area contributed by atoms with E-state index in [1.54, 1.807) is 12.5 Å². The minimum absolute atomic E-state index is 0.0113. The maximum Gasteiger partial charge on any atom is 0.170 e. The molecule has 0 spiro atoms. The summed E-state index contributed by atoms with van der Waals surface area (Å²) in [6.45, 7) is 4.26. The first kappa shape index (κ1) is 13.1. The van der Waals surface area contributed by atoms with E-state index in [4.69, 9.17) is 16.6 Å². The molecule has 4 nitrogen and oxygen atoms in total. The van der Waals surface area contributed by atoms with E-state index >= 15 is 0 Å². The molecule has 0 aromatic carbocycles. The number of nitrogens with one attached hydrogen (secondary N) is 1. The highest BCUT2D eigenvalue weighted by atomic mass is 32.1. The van der Waals surface area contributed by atoms with Crippen molar-refractivity contribution in [2.45, 2.75) is 32.0 Å². The summed E-state index contributed by atoms with van der Waals surface area (Å²) in [5.74, 6) is 0.904. The standard InChI is InChI=1S/C15H17N3OS/c1-10(2)18-14(12-7-5-9-19-12)13(17-15(18)20)11-6-3-4-8-16-11/h3-10,13-14H,1-2H3,(H,17,20)/t13-,14+/m1/s1. The summed E-state index contributed by atoms with van der Waals surface area (Å²) in [7, 11) is 0. The molecule has 0 aliphatic carbocycles. The van der Waals surface area contributed by atoms with Crippen molar-refractivity contribution in [3.8, 4) is 0 Å². The highest BCUT2D eigenvalue weighted by molar-refractivity contribution is 7.80. The predicted octanol–water partition coefficient (Wildman–Crippen LogP) is 3.06. The normalized spacial score (nSPS) is 22.4. The van der Waals surface area contributed by atoms with E-state index in [1.165, 1.54) is 0 Å². The zero-order chi connectivity index (χ0) is 14.1. The third-order valence-electron chi connectivity index (χ3n) is 3.53. The third kappa shape index (κ3) is 2.18. The molecule has 0 unspecified atom stereocenters. The number of aromatic nitrogens is 1. The SMILES string of the molecule is CC(C)N1C(=S)N[C@H](c2ccccn2)[C@@H]1c1ccco1. The van der Waals surface area contributed by atoms with Gasteiger partial charge in [0.05, 0.1) is 18.0 Å². The molecule has 1 saturated heterocycles. The van der Waals surface area contributed by atoms with Gasteiger partial charge in [0.2, 0.25) is 0 Å². The van der Waals surface area contributed by atoms with E-state index in [1.807, 2.05) is 30.3 Å². The van der Waals surface area contributed by atoms with Gasteiger partial charge in [0.1, 0.15) is 11.8 Å². The lowest BCUT2D eigenvalue weighted by molar-refractivity contribution is 0.236. The molecule has 1 N–H and O–H groups in total. The molecule has 1 aliphatic rings. The van der Waals surface area contributed by atoms with Gasteiger partial charge in [-0.05, 0) is 50.3 Å². The van der Waals surface area contributed by atoms with Gasteiger partial charge in [0.25, 0.3) is 0 Å². The fourth-order valence-corrected chi connectivity index (χ4v) is 3.14. The molecule has 5 heteroatoms. The summed E-state index contributed by atoms with van der Waals surface area (Å²) in [4.78, 5) is 6.63. The van der Waals surface area contributed by atoms with Crippen molar-refractivity contribution in [2.75, 3.05) is 0 Å². The van der Waals surface area contributed by atoms with Gasteiger partial charge in [0.15, 0.2) is 5.11 Å². The summed E-state index contributed by atoms with van der Waals surface area (Å²) in [5, 5.41) is 4.12. The molecule has 1 aliphatic heterocycles. The van der Waals surface area contributed by atoms with Crippen LogP contribution in [0.4, 0.5) is 0 Å². The lowest BCUT2D eigenvalue weighted by Crippen LogP contribution is -2.35. The van der Waals surface area contributed by atoms with Crippen LogP contribution in [-0.4, -0.2) is 21.0 Å². The van der Waals surface area contributed by atoms with Crippen LogP contribution >= 0.6 is 12.2 Å². The van der Waals surface area contributed by atoms with Crippen LogP contribution in [0.1, 0.15) is 37.4 Å². The van der Waals surface area contributed by atoms with E-state index in [0.717, 1.165) is 16.6 Å². The quantitative estimate of drug-likeness (QED) is 0.879. The Hall–Kier alpha value is -1.88. The number of hydrogen-bond acceptors (Lipinski definition) is 3. The maximum atomic E-state index is 5.63. The van der Waals surface area contributed by atoms with E-state index in [2.05, 4.69) is 29.0 Å². The van der Waals surface area contributed by atoms with Crippen molar-refractivity contribution < 1.29 is 4.42 Å². The molecule has 0 amide bonds. The Balaban J connectivity index is 2.03. The van der Waals surface area contributed by atoms with Crippen molar-refractivity contribution in [3.63, 3.8) is 0 Å². The fourth-order valence-electron chi connectivity index (χ4n) is 2.69. The van der Waals surface area contributed by atoms with Crippen LogP contribution in [0, 0.1) is 0 Å². The second kappa shape index (κ2) is 5.25. The summed E-state index contributed by atoms with van der Waals surface area (Å²) in [6, 6.07) is 10.2. The van der Waals surface area contributed by atoms with Crippen LogP contribution < -0.4 is 5.32 Å². The van der Waals surface area contributed by atoms with Crippen molar-refractivity contribution in [2.24, 2.45) is 0 Å². The molecule has 3 heterocycles. The Morgan fingerprint density at radius 2 is 2.15 bits per heavy atom. The van der Waals surface area contributed by atoms with Crippen LogP contribution in [0.3, 0.4) is 0 Å². The average molecular weight is 287 g/mol. The second-order valence-electron chi connectivity index (χ2n) is 5.14. The van der Waals surface area contributed by atoms with Crippen molar-refractivity contribution in [1.82, 2.24) is 15.2 Å². The van der Waals surface area contributed by atoms with E-state index in [-0.39, 0.29) is 12.1 Å². The van der Waals surface area contributed by atoms with Crippen molar-refractivity contribution in [1.29, 1.82) is 0 Å². The molecule has 2 atom stereocenters. The lowest BCUT2D eigenvalue weighted by atomic mass is 10.0. The number of furan rings is 1. The number of rotatable bonds is 3. The van der Waals surface area contributed by atoms with Gasteiger partial charge in [-0.3, -0.25) is 4.98 Å². The van der Waals surface area contributed by atoms with Gasteiger partial charge in [-0.15, -0.1) is 0 Å². The summed E-state index contributed by atoms with van der Waals surface area (Å²) in [6.07, 6.45) is 3.50. The first-order valence-corrected chi connectivity index (χ1v) is 7.12. The number of nitrogens with zero attached hydrogens (tertiary/aromatic N) is 2. The molecule has 2 aromatic rings. The smallest absolute Gasteiger partial charge is 0.170 e. The van der Waals surface area contributed by atoms with Crippen LogP contribution in [0.5, 0.6) is 0 Å². The van der Waals surface area contributed by atoms with Crippen LogP contribution in [-0.2, 0) is 0 Å². The first-order chi connectivity index (χ1) is 9.68. The van der Waals surface area contributed by atoms with Crippen molar-refractivity contribution >= 4 is 17.3 Å². The predicted molar refractivity (Wildman–Crippen MR) is 81.1 cm³/mol. The van der Waals surface area contributed by atoms with Crippen LogP contribution in [0.25, 0.3) is 0 Å². The van der Waals surface area contributed by atoms with E-state index in [9.17, 15) is 0 Å². The minimum atomic E-state index is 0.0113. The molecule has 0 bridgehead atoms. The highest BCUT2D eigenvalue weighted by Crippen LogP contribution is 2.39. The van der Waals surface area contributed by atoms with Crippen molar-refractivity contribution in [3.05, 3.63) is 54.2 Å². The second-order valence-corrected chi connectivity index (χ2v) is 5.53. The van der Waals surface area contributed by atoms with Gasteiger partial charge in [-0.1, -0.05) is 6.07 Å². The van der Waals surface area contributed by atoms with Gasteiger partial charge < -0.3 is 14.6 Å². The Kier molecular flexibility index (Phi) is 3.44. The summed E-state index contributed by atoms with van der Waals surface area (Å²) in [5.41, 5.74) is 0.972. The monoisotopic (exact) mass is 287 g/mol. The zero-order valence-corrected chi connectivity index (χ0v) is 12.3. The van der Waals surface area contributed by atoms with E-state index in [0.29, 0.717) is 6.04 Å². The molecule has 1 fully saturated rings. The Morgan fingerprint density at radius 1 is 1.30 bits per heavy atom. The number of pyridine rings is 1.